The predicted octanol–water partition coefficient (Wildman–Crippen LogP) is 4.96. The molecular formula is C24H22FNO5. The Hall–Kier alpha value is -3.61. The molecule has 31 heavy (non-hydrogen) atoms. The van der Waals surface area contributed by atoms with Gasteiger partial charge in [0.1, 0.15) is 5.82 Å². The van der Waals surface area contributed by atoms with E-state index in [1.165, 1.54) is 36.3 Å². The average molecular weight is 423 g/mol. The topological polar surface area (TPSA) is 80.0 Å². The van der Waals surface area contributed by atoms with E-state index in [4.69, 9.17) is 9.15 Å². The molecule has 0 radical (unpaired) electrons. The Bertz CT molecular complexity index is 1200. The number of unbranched alkanes of at least 4 members (excludes halogenated alkanes) is 1. The van der Waals surface area contributed by atoms with Gasteiger partial charge in [-0.25, -0.2) is 4.39 Å². The van der Waals surface area contributed by atoms with E-state index < -0.39 is 29.3 Å². The molecule has 0 saturated heterocycles. The molecule has 0 bridgehead atoms. The first-order chi connectivity index (χ1) is 15.0. The second kappa shape index (κ2) is 8.26. The molecule has 1 N–H and O–H groups in total. The van der Waals surface area contributed by atoms with Crippen molar-refractivity contribution in [2.75, 3.05) is 13.7 Å². The summed E-state index contributed by atoms with van der Waals surface area (Å²) < 4.78 is 25.7. The monoisotopic (exact) mass is 423 g/mol. The molecule has 1 aliphatic heterocycles. The third-order valence-electron chi connectivity index (χ3n) is 5.45. The zero-order chi connectivity index (χ0) is 22.1. The number of methoxy groups -OCH3 is 1. The number of para-hydroxylation sites is 1. The predicted molar refractivity (Wildman–Crippen MR) is 113 cm³/mol. The zero-order valence-electron chi connectivity index (χ0n) is 17.2. The highest BCUT2D eigenvalue weighted by atomic mass is 19.1. The average Bonchev–Trinajstić information content (AvgIpc) is 3.32. The summed E-state index contributed by atoms with van der Waals surface area (Å²) in [5, 5.41) is 11.3. The summed E-state index contributed by atoms with van der Waals surface area (Å²) in [6.07, 6.45) is 1.44. The van der Waals surface area contributed by atoms with E-state index in [-0.39, 0.29) is 23.4 Å². The SMILES string of the molecule is CCCCN1C(=O)C(O)=C(C(=O)c2cc3cccc(OC)c3o2)C1c1ccccc1F. The molecule has 160 valence electrons. The molecule has 6 nitrogen and oxygen atoms in total. The van der Waals surface area contributed by atoms with Gasteiger partial charge in [-0.3, -0.25) is 9.59 Å². The number of fused-ring (bicyclic) bond motifs is 1. The number of aliphatic hydroxyl groups excluding tert-OH is 1. The van der Waals surface area contributed by atoms with Crippen molar-refractivity contribution < 1.29 is 28.2 Å². The van der Waals surface area contributed by atoms with Crippen LogP contribution in [0.2, 0.25) is 0 Å². The van der Waals surface area contributed by atoms with Gasteiger partial charge in [-0.15, -0.1) is 0 Å². The maximum atomic E-state index is 14.7. The Kier molecular flexibility index (Phi) is 5.50. The number of Topliss-reactive ketones (excluding diaryl/α,β-unsaturated/α-hetero) is 1. The van der Waals surface area contributed by atoms with Gasteiger partial charge in [0.2, 0.25) is 5.78 Å². The van der Waals surface area contributed by atoms with E-state index in [2.05, 4.69) is 0 Å². The Balaban J connectivity index is 1.83. The number of aliphatic hydroxyl groups is 1. The van der Waals surface area contributed by atoms with Crippen LogP contribution in [0, 0.1) is 5.82 Å². The minimum atomic E-state index is -1.04. The Morgan fingerprint density at radius 3 is 2.71 bits per heavy atom. The van der Waals surface area contributed by atoms with Crippen molar-refractivity contribution in [3.8, 4) is 5.75 Å². The fraction of sp³-hybridized carbons (Fsp3) is 0.250. The molecule has 0 spiro atoms. The largest absolute Gasteiger partial charge is 0.503 e. The number of hydrogen-bond donors (Lipinski definition) is 1. The maximum absolute atomic E-state index is 14.7. The van der Waals surface area contributed by atoms with Crippen LogP contribution in [0.1, 0.15) is 41.9 Å². The first-order valence-corrected chi connectivity index (χ1v) is 10.1. The molecule has 2 heterocycles. The van der Waals surface area contributed by atoms with Crippen molar-refractivity contribution >= 4 is 22.7 Å². The smallest absolute Gasteiger partial charge is 0.290 e. The third-order valence-corrected chi connectivity index (χ3v) is 5.45. The van der Waals surface area contributed by atoms with E-state index in [9.17, 15) is 19.1 Å². The highest BCUT2D eigenvalue weighted by Crippen LogP contribution is 2.41. The van der Waals surface area contributed by atoms with Crippen LogP contribution in [0.4, 0.5) is 4.39 Å². The van der Waals surface area contributed by atoms with Crippen LogP contribution in [-0.2, 0) is 4.79 Å². The number of ketones is 1. The molecule has 7 heteroatoms. The van der Waals surface area contributed by atoms with E-state index in [0.717, 1.165) is 6.42 Å². The molecule has 3 aromatic rings. The summed E-state index contributed by atoms with van der Waals surface area (Å²) in [6.45, 7) is 2.24. The summed E-state index contributed by atoms with van der Waals surface area (Å²) in [5.74, 6) is -2.22. The molecule has 0 aliphatic carbocycles. The number of carbonyl (C=O) groups is 2. The van der Waals surface area contributed by atoms with Crippen molar-refractivity contribution in [1.29, 1.82) is 0 Å². The van der Waals surface area contributed by atoms with Gasteiger partial charge in [0.15, 0.2) is 22.9 Å². The number of benzene rings is 2. The Morgan fingerprint density at radius 2 is 2.00 bits per heavy atom. The van der Waals surface area contributed by atoms with Gasteiger partial charge in [0, 0.05) is 17.5 Å². The molecule has 4 rings (SSSR count). The Labute approximate surface area is 178 Å². The third kappa shape index (κ3) is 3.46. The van der Waals surface area contributed by atoms with Gasteiger partial charge in [-0.2, -0.15) is 0 Å². The van der Waals surface area contributed by atoms with E-state index in [1.807, 2.05) is 6.92 Å². The first-order valence-electron chi connectivity index (χ1n) is 10.1. The van der Waals surface area contributed by atoms with Crippen molar-refractivity contribution in [2.45, 2.75) is 25.8 Å². The Morgan fingerprint density at radius 1 is 1.23 bits per heavy atom. The maximum Gasteiger partial charge on any atom is 0.290 e. The molecule has 1 amide bonds. The molecule has 1 atom stereocenters. The van der Waals surface area contributed by atoms with Gasteiger partial charge in [0.05, 0.1) is 18.7 Å². The lowest BCUT2D eigenvalue weighted by molar-refractivity contribution is -0.129. The van der Waals surface area contributed by atoms with E-state index in [0.29, 0.717) is 23.1 Å². The van der Waals surface area contributed by atoms with Gasteiger partial charge < -0.3 is 19.2 Å². The van der Waals surface area contributed by atoms with Crippen LogP contribution in [0.5, 0.6) is 5.75 Å². The summed E-state index contributed by atoms with van der Waals surface area (Å²) in [7, 11) is 1.49. The zero-order valence-corrected chi connectivity index (χ0v) is 17.2. The number of rotatable bonds is 7. The second-order valence-electron chi connectivity index (χ2n) is 7.36. The van der Waals surface area contributed by atoms with Crippen molar-refractivity contribution in [3.05, 3.63) is 77.0 Å². The molecular weight excluding hydrogens is 401 g/mol. The lowest BCUT2D eigenvalue weighted by Crippen LogP contribution is -2.32. The molecule has 0 fully saturated rings. The number of nitrogens with zero attached hydrogens (tertiary/aromatic N) is 1. The van der Waals surface area contributed by atoms with Gasteiger partial charge in [-0.05, 0) is 24.6 Å². The molecule has 1 aromatic heterocycles. The van der Waals surface area contributed by atoms with Gasteiger partial charge in [0.25, 0.3) is 5.91 Å². The lowest BCUT2D eigenvalue weighted by Gasteiger charge is -2.26. The quantitative estimate of drug-likeness (QED) is 0.544. The van der Waals surface area contributed by atoms with Gasteiger partial charge >= 0.3 is 0 Å². The van der Waals surface area contributed by atoms with Crippen molar-refractivity contribution in [1.82, 2.24) is 4.90 Å². The second-order valence-corrected chi connectivity index (χ2v) is 7.36. The number of hydrogen-bond acceptors (Lipinski definition) is 5. The minimum absolute atomic E-state index is 0.0625. The normalized spacial score (nSPS) is 16.4. The van der Waals surface area contributed by atoms with Crippen LogP contribution in [0.15, 0.2) is 64.3 Å². The van der Waals surface area contributed by atoms with Crippen LogP contribution in [-0.4, -0.2) is 35.4 Å². The molecule has 0 saturated carbocycles. The molecule has 2 aromatic carbocycles. The van der Waals surface area contributed by atoms with Crippen LogP contribution in [0.3, 0.4) is 0 Å². The van der Waals surface area contributed by atoms with E-state index in [1.54, 1.807) is 24.3 Å². The summed E-state index contributed by atoms with van der Waals surface area (Å²) in [5.41, 5.74) is 0.334. The number of ether oxygens (including phenoxy) is 1. The first kappa shape index (κ1) is 20.7. The number of halogens is 1. The number of amides is 1. The van der Waals surface area contributed by atoms with Crippen LogP contribution >= 0.6 is 0 Å². The summed E-state index contributed by atoms with van der Waals surface area (Å²) in [6, 6.07) is 11.6. The highest BCUT2D eigenvalue weighted by molar-refractivity contribution is 6.16. The standard InChI is InChI=1S/C24H22FNO5/c1-3-4-12-26-20(15-9-5-6-10-16(15)25)19(22(28)24(26)29)21(27)18-13-14-8-7-11-17(30-2)23(14)31-18/h5-11,13,20,28H,3-4,12H2,1-2H3. The highest BCUT2D eigenvalue weighted by Gasteiger charge is 2.45. The number of carbonyl (C=O) groups excluding carboxylic acids is 2. The summed E-state index contributed by atoms with van der Waals surface area (Å²) in [4.78, 5) is 27.6. The van der Waals surface area contributed by atoms with E-state index >= 15 is 0 Å². The van der Waals surface area contributed by atoms with Crippen molar-refractivity contribution in [3.63, 3.8) is 0 Å². The van der Waals surface area contributed by atoms with Crippen LogP contribution in [0.25, 0.3) is 11.0 Å². The fourth-order valence-corrected chi connectivity index (χ4v) is 3.91. The van der Waals surface area contributed by atoms with Crippen molar-refractivity contribution in [2.24, 2.45) is 0 Å². The van der Waals surface area contributed by atoms with Gasteiger partial charge in [-0.1, -0.05) is 43.7 Å². The summed E-state index contributed by atoms with van der Waals surface area (Å²) >= 11 is 0. The molecule has 1 aliphatic rings. The minimum Gasteiger partial charge on any atom is -0.503 e. The van der Waals surface area contributed by atoms with Crippen LogP contribution < -0.4 is 4.74 Å². The molecule has 1 unspecified atom stereocenters. The lowest BCUT2D eigenvalue weighted by atomic mass is 9.94. The fourth-order valence-electron chi connectivity index (χ4n) is 3.91. The number of furan rings is 1.